The summed E-state index contributed by atoms with van der Waals surface area (Å²) in [6.07, 6.45) is 8.15. The topological polar surface area (TPSA) is 38.3 Å². The van der Waals surface area contributed by atoms with Gasteiger partial charge in [-0.3, -0.25) is 4.79 Å². The van der Waals surface area contributed by atoms with E-state index in [1.165, 1.54) is 38.5 Å². The lowest BCUT2D eigenvalue weighted by Crippen LogP contribution is -2.27. The molecule has 0 aliphatic heterocycles. The molecule has 0 spiro atoms. The van der Waals surface area contributed by atoms with Crippen LogP contribution in [0.3, 0.4) is 0 Å². The molecule has 15 heavy (non-hydrogen) atoms. The molecule has 0 heterocycles. The lowest BCUT2D eigenvalue weighted by Gasteiger charge is -2.21. The van der Waals surface area contributed by atoms with Crippen molar-refractivity contribution < 1.29 is 9.53 Å². The van der Waals surface area contributed by atoms with Gasteiger partial charge >= 0.3 is 5.97 Å². The Morgan fingerprint density at radius 1 is 1.33 bits per heavy atom. The first-order valence-corrected chi connectivity index (χ1v) is 6.19. The van der Waals surface area contributed by atoms with Crippen LogP contribution in [0.4, 0.5) is 0 Å². The summed E-state index contributed by atoms with van der Waals surface area (Å²) in [6, 6.07) is 0. The monoisotopic (exact) mass is 213 g/mol. The molecular formula is C12H23NO2. The van der Waals surface area contributed by atoms with Gasteiger partial charge in [0.15, 0.2) is 0 Å². The van der Waals surface area contributed by atoms with Gasteiger partial charge in [0.2, 0.25) is 0 Å². The van der Waals surface area contributed by atoms with E-state index < -0.39 is 0 Å². The van der Waals surface area contributed by atoms with E-state index >= 15 is 0 Å². The number of ether oxygens (including phenoxy) is 1. The average Bonchev–Trinajstić information content (AvgIpc) is 2.26. The van der Waals surface area contributed by atoms with Gasteiger partial charge in [0.25, 0.3) is 0 Å². The Hall–Kier alpha value is -0.570. The number of nitrogens with one attached hydrogen (secondary N) is 1. The van der Waals surface area contributed by atoms with E-state index in [0.717, 1.165) is 12.5 Å². The molecule has 0 aromatic carbocycles. The van der Waals surface area contributed by atoms with Gasteiger partial charge in [-0.2, -0.15) is 0 Å². The number of rotatable bonds is 6. The van der Waals surface area contributed by atoms with Gasteiger partial charge in [0.1, 0.15) is 0 Å². The molecule has 0 bridgehead atoms. The number of carbonyl (C=O) groups is 1. The molecule has 0 amide bonds. The Balaban J connectivity index is 1.93. The Bertz CT molecular complexity index is 176. The highest BCUT2D eigenvalue weighted by molar-refractivity contribution is 5.71. The second-order valence-electron chi connectivity index (χ2n) is 4.27. The minimum atomic E-state index is -0.138. The minimum Gasteiger partial charge on any atom is -0.465 e. The van der Waals surface area contributed by atoms with E-state index in [-0.39, 0.29) is 5.97 Å². The van der Waals surface area contributed by atoms with Gasteiger partial charge in [-0.1, -0.05) is 32.1 Å². The lowest BCUT2D eigenvalue weighted by atomic mass is 9.87. The second kappa shape index (κ2) is 7.69. The summed E-state index contributed by atoms with van der Waals surface area (Å²) in [7, 11) is 0. The largest absolute Gasteiger partial charge is 0.465 e. The smallest absolute Gasteiger partial charge is 0.319 e. The first kappa shape index (κ1) is 12.5. The van der Waals surface area contributed by atoms with Gasteiger partial charge in [-0.05, 0) is 25.8 Å². The molecule has 1 aliphatic rings. The van der Waals surface area contributed by atoms with Gasteiger partial charge in [-0.25, -0.2) is 0 Å². The fraction of sp³-hybridized carbons (Fsp3) is 0.917. The SMILES string of the molecule is CCOC(=O)CNCCC1CCCCC1. The predicted octanol–water partition coefficient (Wildman–Crippen LogP) is 2.11. The Labute approximate surface area is 92.6 Å². The zero-order chi connectivity index (χ0) is 10.9. The molecule has 3 nitrogen and oxygen atoms in total. The molecule has 0 atom stereocenters. The van der Waals surface area contributed by atoms with Gasteiger partial charge < -0.3 is 10.1 Å². The highest BCUT2D eigenvalue weighted by Crippen LogP contribution is 2.25. The molecule has 0 radical (unpaired) electrons. The molecule has 1 rings (SSSR count). The van der Waals surface area contributed by atoms with Crippen LogP contribution >= 0.6 is 0 Å². The van der Waals surface area contributed by atoms with Crippen molar-refractivity contribution in [2.75, 3.05) is 19.7 Å². The first-order valence-electron chi connectivity index (χ1n) is 6.19. The maximum Gasteiger partial charge on any atom is 0.319 e. The summed E-state index contributed by atoms with van der Waals surface area (Å²) < 4.78 is 4.83. The maximum atomic E-state index is 11.0. The molecule has 1 saturated carbocycles. The number of esters is 1. The zero-order valence-corrected chi connectivity index (χ0v) is 9.76. The van der Waals surface area contributed by atoms with Crippen LogP contribution in [0.15, 0.2) is 0 Å². The molecule has 0 unspecified atom stereocenters. The van der Waals surface area contributed by atoms with Crippen molar-refractivity contribution in [3.05, 3.63) is 0 Å². The third kappa shape index (κ3) is 5.78. The highest BCUT2D eigenvalue weighted by Gasteiger charge is 2.12. The van der Waals surface area contributed by atoms with Crippen molar-refractivity contribution in [2.45, 2.75) is 45.4 Å². The molecule has 1 fully saturated rings. The first-order chi connectivity index (χ1) is 7.33. The van der Waals surface area contributed by atoms with Crippen LogP contribution in [0.2, 0.25) is 0 Å². The fourth-order valence-electron chi connectivity index (χ4n) is 2.18. The summed E-state index contributed by atoms with van der Waals surface area (Å²) in [5, 5.41) is 3.14. The van der Waals surface area contributed by atoms with Gasteiger partial charge in [-0.15, -0.1) is 0 Å². The van der Waals surface area contributed by atoms with Crippen molar-refractivity contribution in [1.82, 2.24) is 5.32 Å². The number of carbonyl (C=O) groups excluding carboxylic acids is 1. The van der Waals surface area contributed by atoms with Crippen LogP contribution < -0.4 is 5.32 Å². The molecule has 1 N–H and O–H groups in total. The third-order valence-corrected chi connectivity index (χ3v) is 3.03. The summed E-state index contributed by atoms with van der Waals surface area (Å²) in [4.78, 5) is 11.0. The number of hydrogen-bond acceptors (Lipinski definition) is 3. The maximum absolute atomic E-state index is 11.0. The fourth-order valence-corrected chi connectivity index (χ4v) is 2.18. The minimum absolute atomic E-state index is 0.138. The molecule has 3 heteroatoms. The van der Waals surface area contributed by atoms with Gasteiger partial charge in [0, 0.05) is 0 Å². The Morgan fingerprint density at radius 3 is 2.73 bits per heavy atom. The van der Waals surface area contributed by atoms with E-state index in [9.17, 15) is 4.79 Å². The van der Waals surface area contributed by atoms with Crippen molar-refractivity contribution >= 4 is 5.97 Å². The van der Waals surface area contributed by atoms with Crippen LogP contribution in [0.5, 0.6) is 0 Å². The van der Waals surface area contributed by atoms with Crippen molar-refractivity contribution in [1.29, 1.82) is 0 Å². The highest BCUT2D eigenvalue weighted by atomic mass is 16.5. The standard InChI is InChI=1S/C12H23NO2/c1-2-15-12(14)10-13-9-8-11-6-4-3-5-7-11/h11,13H,2-10H2,1H3. The van der Waals surface area contributed by atoms with E-state index in [0.29, 0.717) is 13.2 Å². The summed E-state index contributed by atoms with van der Waals surface area (Å²) >= 11 is 0. The normalized spacial score (nSPS) is 17.7. The molecule has 0 aromatic rings. The van der Waals surface area contributed by atoms with Crippen LogP contribution in [0.1, 0.15) is 45.4 Å². The summed E-state index contributed by atoms with van der Waals surface area (Å²) in [5.41, 5.74) is 0. The van der Waals surface area contributed by atoms with E-state index in [4.69, 9.17) is 4.74 Å². The van der Waals surface area contributed by atoms with E-state index in [2.05, 4.69) is 5.32 Å². The lowest BCUT2D eigenvalue weighted by molar-refractivity contribution is -0.142. The third-order valence-electron chi connectivity index (χ3n) is 3.03. The van der Waals surface area contributed by atoms with Gasteiger partial charge in [0.05, 0.1) is 13.2 Å². The van der Waals surface area contributed by atoms with Crippen molar-refractivity contribution in [3.8, 4) is 0 Å². The quantitative estimate of drug-likeness (QED) is 0.542. The Morgan fingerprint density at radius 2 is 2.07 bits per heavy atom. The van der Waals surface area contributed by atoms with Crippen LogP contribution in [-0.2, 0) is 9.53 Å². The predicted molar refractivity (Wildman–Crippen MR) is 60.7 cm³/mol. The molecular weight excluding hydrogens is 190 g/mol. The number of hydrogen-bond donors (Lipinski definition) is 1. The molecule has 0 saturated heterocycles. The van der Waals surface area contributed by atoms with Crippen molar-refractivity contribution in [3.63, 3.8) is 0 Å². The van der Waals surface area contributed by atoms with E-state index in [1.807, 2.05) is 6.92 Å². The van der Waals surface area contributed by atoms with Crippen molar-refractivity contribution in [2.24, 2.45) is 5.92 Å². The molecule has 88 valence electrons. The Kier molecular flexibility index (Phi) is 6.41. The second-order valence-corrected chi connectivity index (χ2v) is 4.27. The van der Waals surface area contributed by atoms with Crippen LogP contribution in [0, 0.1) is 5.92 Å². The van der Waals surface area contributed by atoms with E-state index in [1.54, 1.807) is 0 Å². The zero-order valence-electron chi connectivity index (χ0n) is 9.76. The molecule has 0 aromatic heterocycles. The summed E-state index contributed by atoms with van der Waals surface area (Å²) in [5.74, 6) is 0.745. The van der Waals surface area contributed by atoms with Crippen LogP contribution in [-0.4, -0.2) is 25.7 Å². The average molecular weight is 213 g/mol. The summed E-state index contributed by atoms with van der Waals surface area (Å²) in [6.45, 7) is 3.62. The van der Waals surface area contributed by atoms with Crippen LogP contribution in [0.25, 0.3) is 0 Å². The molecule has 1 aliphatic carbocycles.